The summed E-state index contributed by atoms with van der Waals surface area (Å²) in [4.78, 5) is 28.1. The fourth-order valence-electron chi connectivity index (χ4n) is 10.8. The number of aryl methyl sites for hydroxylation is 4. The van der Waals surface area contributed by atoms with Crippen LogP contribution in [0.15, 0.2) is 30.8 Å². The van der Waals surface area contributed by atoms with Crippen molar-refractivity contribution in [2.45, 2.75) is 279 Å². The van der Waals surface area contributed by atoms with E-state index in [9.17, 15) is 0 Å². The molecule has 1 amide bonds. The van der Waals surface area contributed by atoms with Crippen molar-refractivity contribution in [3.8, 4) is 29.3 Å². The van der Waals surface area contributed by atoms with E-state index in [1.54, 1.807) is 5.56 Å². The highest BCUT2D eigenvalue weighted by molar-refractivity contribution is 7.28. The van der Waals surface area contributed by atoms with Gasteiger partial charge in [-0.15, -0.1) is 45.3 Å². The van der Waals surface area contributed by atoms with Crippen molar-refractivity contribution < 1.29 is 4.79 Å². The van der Waals surface area contributed by atoms with E-state index in [1.165, 1.54) is 256 Å². The summed E-state index contributed by atoms with van der Waals surface area (Å²) in [5, 5.41) is 0. The quantitative estimate of drug-likeness (QED) is 0.0407. The highest BCUT2D eigenvalue weighted by Crippen LogP contribution is 2.52. The molecule has 1 aliphatic heterocycles. The minimum Gasteiger partial charge on any atom is -0.305 e. The first-order valence-electron chi connectivity index (χ1n) is 28.8. The average molecular weight is 1000 g/mol. The highest BCUT2D eigenvalue weighted by atomic mass is 32.1. The van der Waals surface area contributed by atoms with Crippen LogP contribution in [0.1, 0.15) is 283 Å². The van der Waals surface area contributed by atoms with Crippen LogP contribution in [-0.2, 0) is 12.8 Å². The van der Waals surface area contributed by atoms with E-state index in [4.69, 9.17) is 6.58 Å². The van der Waals surface area contributed by atoms with Crippen LogP contribution in [0, 0.1) is 13.8 Å². The Hall–Kier alpha value is -1.99. The SMILES string of the molecule is C=C1c2c(C)sc(-c3sc(-c4ccc(-c5cc(CCCCCCCCCCCC)c(C)s5)s4)cc3CCCCCCCCCCCC)c2C(=O)N1C(CCCCCCCC)CCCCCCCC. The third-order valence-corrected chi connectivity index (χ3v) is 20.0. The molecule has 0 bridgehead atoms. The molecule has 0 spiro atoms. The predicted octanol–water partition coefficient (Wildman–Crippen LogP) is 22.8. The van der Waals surface area contributed by atoms with E-state index in [0.717, 1.165) is 36.1 Å². The van der Waals surface area contributed by atoms with Gasteiger partial charge in [-0.2, -0.15) is 0 Å². The molecule has 4 aromatic heterocycles. The molecule has 5 heterocycles. The summed E-state index contributed by atoms with van der Waals surface area (Å²) in [6.07, 6.45) is 47.3. The Bertz CT molecular complexity index is 1990. The largest absolute Gasteiger partial charge is 0.305 e. The van der Waals surface area contributed by atoms with Crippen LogP contribution in [0.2, 0.25) is 0 Å². The van der Waals surface area contributed by atoms with Gasteiger partial charge < -0.3 is 4.90 Å². The fourth-order valence-corrected chi connectivity index (χ4v) is 15.5. The smallest absolute Gasteiger partial charge is 0.260 e. The second-order valence-electron chi connectivity index (χ2n) is 20.8. The predicted molar refractivity (Wildman–Crippen MR) is 310 cm³/mol. The standard InChI is InChI=1S/C62H97NOS4/c1-8-12-16-20-24-26-28-30-32-36-40-51-46-56(65-49(51)6)54-44-45-55(67-54)57-47-52(41-37-33-31-29-27-25-21-17-13-9-2)60(68-57)61-59-58(50(7)66-61)48(5)63(62(59)64)53(42-38-34-22-18-14-10-3)43-39-35-23-19-15-11-4/h44-47,53H,5,8-43H2,1-4,6-7H3. The second-order valence-corrected chi connectivity index (χ2v) is 25.4. The van der Waals surface area contributed by atoms with Crippen LogP contribution in [0.25, 0.3) is 35.0 Å². The van der Waals surface area contributed by atoms with Gasteiger partial charge in [0.2, 0.25) is 0 Å². The van der Waals surface area contributed by atoms with E-state index in [2.05, 4.69) is 70.7 Å². The number of rotatable bonds is 40. The second kappa shape index (κ2) is 32.9. The molecule has 0 aromatic carbocycles. The average Bonchev–Trinajstić information content (AvgIpc) is 4.17. The Morgan fingerprint density at radius 3 is 1.29 bits per heavy atom. The fraction of sp³-hybridized carbons (Fsp3) is 0.694. The molecular formula is C62H97NOS4. The van der Waals surface area contributed by atoms with Gasteiger partial charge in [-0.05, 0) is 87.8 Å². The molecule has 380 valence electrons. The van der Waals surface area contributed by atoms with Gasteiger partial charge in [0.05, 0.1) is 10.4 Å². The molecule has 0 saturated heterocycles. The van der Waals surface area contributed by atoms with Gasteiger partial charge in [0.15, 0.2) is 0 Å². The molecule has 4 aromatic rings. The third kappa shape index (κ3) is 17.9. The summed E-state index contributed by atoms with van der Waals surface area (Å²) < 4.78 is 0. The summed E-state index contributed by atoms with van der Waals surface area (Å²) >= 11 is 7.76. The molecule has 0 saturated carbocycles. The summed E-state index contributed by atoms with van der Waals surface area (Å²) in [5.41, 5.74) is 6.08. The lowest BCUT2D eigenvalue weighted by atomic mass is 9.98. The molecule has 0 aliphatic carbocycles. The van der Waals surface area contributed by atoms with Crippen LogP contribution >= 0.6 is 45.3 Å². The third-order valence-electron chi connectivity index (χ3n) is 15.0. The molecule has 0 atom stereocenters. The van der Waals surface area contributed by atoms with Crippen molar-refractivity contribution in [2.24, 2.45) is 0 Å². The number of amides is 1. The lowest BCUT2D eigenvalue weighted by Gasteiger charge is -2.29. The van der Waals surface area contributed by atoms with Gasteiger partial charge in [0, 0.05) is 51.4 Å². The zero-order valence-electron chi connectivity index (χ0n) is 44.5. The monoisotopic (exact) mass is 1000 g/mol. The first kappa shape index (κ1) is 56.9. The van der Waals surface area contributed by atoms with Crippen molar-refractivity contribution in [1.82, 2.24) is 4.90 Å². The van der Waals surface area contributed by atoms with E-state index in [1.807, 2.05) is 45.3 Å². The zero-order chi connectivity index (χ0) is 48.4. The van der Waals surface area contributed by atoms with Crippen LogP contribution in [0.3, 0.4) is 0 Å². The summed E-state index contributed by atoms with van der Waals surface area (Å²) in [7, 11) is 0. The van der Waals surface area contributed by atoms with Crippen LogP contribution in [-0.4, -0.2) is 16.8 Å². The summed E-state index contributed by atoms with van der Waals surface area (Å²) in [6, 6.07) is 10.0. The Balaban J connectivity index is 1.32. The maximum atomic E-state index is 15.1. The van der Waals surface area contributed by atoms with Crippen LogP contribution < -0.4 is 0 Å². The van der Waals surface area contributed by atoms with Crippen molar-refractivity contribution in [3.05, 3.63) is 62.9 Å². The molecule has 0 fully saturated rings. The lowest BCUT2D eigenvalue weighted by molar-refractivity contribution is 0.0789. The number of carbonyl (C=O) groups excluding carboxylic acids is 1. The Morgan fingerprint density at radius 2 is 0.824 bits per heavy atom. The van der Waals surface area contributed by atoms with Crippen molar-refractivity contribution in [3.63, 3.8) is 0 Å². The maximum Gasteiger partial charge on any atom is 0.260 e. The summed E-state index contributed by atoms with van der Waals surface area (Å²) in [6.45, 7) is 18.5. The van der Waals surface area contributed by atoms with Crippen LogP contribution in [0.5, 0.6) is 0 Å². The molecule has 68 heavy (non-hydrogen) atoms. The van der Waals surface area contributed by atoms with Crippen molar-refractivity contribution >= 4 is 57.0 Å². The van der Waals surface area contributed by atoms with E-state index < -0.39 is 0 Å². The highest BCUT2D eigenvalue weighted by Gasteiger charge is 2.41. The van der Waals surface area contributed by atoms with Gasteiger partial charge in [-0.25, -0.2) is 0 Å². The Labute approximate surface area is 434 Å². The van der Waals surface area contributed by atoms with E-state index in [-0.39, 0.29) is 11.9 Å². The molecule has 2 nitrogen and oxygen atoms in total. The number of hydrogen-bond donors (Lipinski definition) is 0. The first-order chi connectivity index (χ1) is 33.3. The Morgan fingerprint density at radius 1 is 0.426 bits per heavy atom. The molecule has 5 rings (SSSR count). The lowest BCUT2D eigenvalue weighted by Crippen LogP contribution is -2.35. The van der Waals surface area contributed by atoms with Gasteiger partial charge in [-0.1, -0.05) is 227 Å². The Kier molecular flexibility index (Phi) is 27.5. The van der Waals surface area contributed by atoms with Crippen molar-refractivity contribution in [1.29, 1.82) is 0 Å². The molecule has 0 N–H and O–H groups in total. The minimum absolute atomic E-state index is 0.228. The number of hydrogen-bond acceptors (Lipinski definition) is 5. The normalized spacial score (nSPS) is 12.8. The molecule has 1 aliphatic rings. The molecule has 0 unspecified atom stereocenters. The van der Waals surface area contributed by atoms with Crippen LogP contribution in [0.4, 0.5) is 0 Å². The van der Waals surface area contributed by atoms with E-state index in [0.29, 0.717) is 0 Å². The van der Waals surface area contributed by atoms with Gasteiger partial charge in [0.25, 0.3) is 5.91 Å². The topological polar surface area (TPSA) is 20.3 Å². The van der Waals surface area contributed by atoms with Gasteiger partial charge in [0.1, 0.15) is 0 Å². The van der Waals surface area contributed by atoms with Crippen molar-refractivity contribution in [2.75, 3.05) is 0 Å². The zero-order valence-corrected chi connectivity index (χ0v) is 47.8. The van der Waals surface area contributed by atoms with Gasteiger partial charge in [-0.3, -0.25) is 4.79 Å². The molecule has 6 heteroatoms. The number of carbonyl (C=O) groups is 1. The number of thiophene rings is 4. The van der Waals surface area contributed by atoms with E-state index >= 15 is 4.79 Å². The molecular weight excluding hydrogens is 903 g/mol. The number of unbranched alkanes of at least 4 members (excludes halogenated alkanes) is 28. The first-order valence-corrected chi connectivity index (χ1v) is 32.1. The number of nitrogens with zero attached hydrogens (tertiary/aromatic N) is 1. The maximum absolute atomic E-state index is 15.1. The molecule has 0 radical (unpaired) electrons. The summed E-state index contributed by atoms with van der Waals surface area (Å²) in [5.74, 6) is 0.228. The minimum atomic E-state index is 0.228. The number of fused-ring (bicyclic) bond motifs is 1. The van der Waals surface area contributed by atoms with Gasteiger partial charge >= 0.3 is 0 Å².